The molecule has 3 aliphatic heterocycles. The molecule has 3 aliphatic rings. The van der Waals surface area contributed by atoms with Gasteiger partial charge in [0, 0.05) is 23.2 Å². The third kappa shape index (κ3) is 4.49. The average molecular weight is 546 g/mol. The predicted octanol–water partition coefficient (Wildman–Crippen LogP) is 2.99. The molecule has 0 saturated carbocycles. The van der Waals surface area contributed by atoms with Gasteiger partial charge in [0.2, 0.25) is 11.8 Å². The molecule has 3 rings (SSSR count). The van der Waals surface area contributed by atoms with Crippen molar-refractivity contribution in [3.8, 4) is 0 Å². The quantitative estimate of drug-likeness (QED) is 0.176. The van der Waals surface area contributed by atoms with Crippen LogP contribution < -0.4 is 0 Å². The zero-order valence-corrected chi connectivity index (χ0v) is 22.3. The van der Waals surface area contributed by atoms with Crippen molar-refractivity contribution in [2.75, 3.05) is 26.3 Å². The van der Waals surface area contributed by atoms with Crippen LogP contribution in [0.5, 0.6) is 0 Å². The van der Waals surface area contributed by atoms with Gasteiger partial charge >= 0.3 is 5.97 Å². The molecule has 9 heteroatoms. The van der Waals surface area contributed by atoms with E-state index in [2.05, 4.69) is 29.4 Å². The lowest BCUT2D eigenvalue weighted by molar-refractivity contribution is -0.154. The Hall–Kier alpha value is -1.06. The molecule has 0 aromatic rings. The molecule has 3 unspecified atom stereocenters. The van der Waals surface area contributed by atoms with E-state index in [0.717, 1.165) is 19.3 Å². The van der Waals surface area contributed by atoms with Crippen molar-refractivity contribution in [1.29, 1.82) is 0 Å². The van der Waals surface area contributed by atoms with E-state index in [-0.39, 0.29) is 41.1 Å². The lowest BCUT2D eigenvalue weighted by Crippen LogP contribution is -2.57. The summed E-state index contributed by atoms with van der Waals surface area (Å²) in [6.07, 6.45) is 5.82. The lowest BCUT2D eigenvalue weighted by atomic mass is 9.71. The van der Waals surface area contributed by atoms with Gasteiger partial charge in [0.25, 0.3) is 0 Å². The second-order valence-electron chi connectivity index (χ2n) is 9.19. The summed E-state index contributed by atoms with van der Waals surface area (Å²) < 4.78 is 4.66. The highest BCUT2D eigenvalue weighted by Crippen LogP contribution is 2.68. The van der Waals surface area contributed by atoms with Crippen LogP contribution in [0.4, 0.5) is 0 Å². The number of carbonyl (C=O) groups excluding carboxylic acids is 3. The molecule has 7 nitrogen and oxygen atoms in total. The lowest BCUT2D eigenvalue weighted by Gasteiger charge is -2.39. The first kappa shape index (κ1) is 26.5. The molecule has 7 atom stereocenters. The number of aliphatic hydroxyl groups is 1. The van der Waals surface area contributed by atoms with Crippen LogP contribution in [0.1, 0.15) is 52.9 Å². The van der Waals surface area contributed by atoms with Crippen molar-refractivity contribution in [3.05, 3.63) is 12.7 Å². The number of nitrogens with zero attached hydrogens (tertiary/aromatic N) is 2. The molecule has 1 spiro atoms. The van der Waals surface area contributed by atoms with Gasteiger partial charge in [-0.3, -0.25) is 14.4 Å². The summed E-state index contributed by atoms with van der Waals surface area (Å²) in [6, 6.07) is -1.19. The van der Waals surface area contributed by atoms with Crippen molar-refractivity contribution in [1.82, 2.24) is 9.80 Å². The molecule has 33 heavy (non-hydrogen) atoms. The molecule has 0 aromatic carbocycles. The van der Waals surface area contributed by atoms with E-state index in [0.29, 0.717) is 25.9 Å². The number of likely N-dealkylation sites (tertiary alicyclic amines) is 1. The zero-order chi connectivity index (χ0) is 24.3. The Morgan fingerprint density at radius 1 is 1.39 bits per heavy atom. The fourth-order valence-electron chi connectivity index (χ4n) is 5.83. The summed E-state index contributed by atoms with van der Waals surface area (Å²) in [4.78, 5) is 44.4. The molecule has 0 aromatic heterocycles. The molecule has 3 fully saturated rings. The number of hydrogen-bond acceptors (Lipinski definition) is 6. The first-order chi connectivity index (χ1) is 15.8. The number of alkyl halides is 1. The summed E-state index contributed by atoms with van der Waals surface area (Å²) in [5.41, 5.74) is 0. The molecule has 2 amide bonds. The first-order valence-corrected chi connectivity index (χ1v) is 13.9. The Balaban J connectivity index is 2.05. The van der Waals surface area contributed by atoms with E-state index in [1.165, 1.54) is 0 Å². The van der Waals surface area contributed by atoms with E-state index in [1.54, 1.807) is 34.6 Å². The van der Waals surface area contributed by atoms with Crippen LogP contribution in [0.25, 0.3) is 0 Å². The molecule has 3 heterocycles. The van der Waals surface area contributed by atoms with Crippen LogP contribution in [0.15, 0.2) is 12.7 Å². The van der Waals surface area contributed by atoms with Crippen LogP contribution >= 0.6 is 27.7 Å². The molecule has 2 bridgehead atoms. The van der Waals surface area contributed by atoms with Crippen LogP contribution in [0.3, 0.4) is 0 Å². The number of halogens is 1. The summed E-state index contributed by atoms with van der Waals surface area (Å²) in [5.74, 6) is -1.88. The van der Waals surface area contributed by atoms with E-state index < -0.39 is 28.7 Å². The number of esters is 1. The number of amides is 2. The molecule has 0 aliphatic carbocycles. The third-order valence-corrected chi connectivity index (χ3v) is 10.5. The second kappa shape index (κ2) is 11.1. The van der Waals surface area contributed by atoms with Crippen molar-refractivity contribution in [3.63, 3.8) is 0 Å². The Morgan fingerprint density at radius 3 is 2.70 bits per heavy atom. The van der Waals surface area contributed by atoms with Crippen molar-refractivity contribution >= 4 is 45.5 Å². The minimum atomic E-state index is -0.719. The van der Waals surface area contributed by atoms with E-state index in [4.69, 9.17) is 4.74 Å². The van der Waals surface area contributed by atoms with Crippen LogP contribution in [0.2, 0.25) is 0 Å². The normalized spacial score (nSPS) is 33.2. The van der Waals surface area contributed by atoms with Gasteiger partial charge in [-0.25, -0.2) is 0 Å². The van der Waals surface area contributed by atoms with Gasteiger partial charge in [0.05, 0.1) is 35.8 Å². The van der Waals surface area contributed by atoms with Gasteiger partial charge in [-0.05, 0) is 26.2 Å². The van der Waals surface area contributed by atoms with Gasteiger partial charge in [-0.2, -0.15) is 0 Å². The first-order valence-electron chi connectivity index (χ1n) is 12.1. The smallest absolute Gasteiger partial charge is 0.310 e. The fraction of sp³-hybridized carbons (Fsp3) is 0.792. The highest BCUT2D eigenvalue weighted by atomic mass is 79.9. The number of ether oxygens (including phenoxy) is 1. The Morgan fingerprint density at radius 2 is 2.12 bits per heavy atom. The van der Waals surface area contributed by atoms with Crippen LogP contribution in [0, 0.1) is 11.8 Å². The molecular weight excluding hydrogens is 508 g/mol. The number of aliphatic hydroxyl groups excluding tert-OH is 1. The third-order valence-electron chi connectivity index (χ3n) is 7.29. The van der Waals surface area contributed by atoms with Crippen LogP contribution in [-0.2, 0) is 19.1 Å². The topological polar surface area (TPSA) is 87.2 Å². The summed E-state index contributed by atoms with van der Waals surface area (Å²) >= 11 is 5.35. The summed E-state index contributed by atoms with van der Waals surface area (Å²) in [6.45, 7) is 10.7. The summed E-state index contributed by atoms with van der Waals surface area (Å²) in [5, 5.41) is 10.0. The van der Waals surface area contributed by atoms with Gasteiger partial charge in [0.15, 0.2) is 0 Å². The molecular formula is C24H37BrN2O5S. The maximum absolute atomic E-state index is 14.1. The minimum absolute atomic E-state index is 0.0124. The van der Waals surface area contributed by atoms with Crippen molar-refractivity contribution in [2.24, 2.45) is 11.8 Å². The number of unbranched alkanes of at least 4 members (excludes halogenated alkanes) is 2. The van der Waals surface area contributed by atoms with Gasteiger partial charge in [-0.1, -0.05) is 48.7 Å². The largest absolute Gasteiger partial charge is 0.466 e. The fourth-order valence-corrected chi connectivity index (χ4v) is 9.42. The van der Waals surface area contributed by atoms with E-state index in [1.807, 2.05) is 6.92 Å². The number of fused-ring (bicyclic) bond motifs is 1. The number of rotatable bonds is 12. The summed E-state index contributed by atoms with van der Waals surface area (Å²) in [7, 11) is 0. The highest BCUT2D eigenvalue weighted by Gasteiger charge is 2.76. The minimum Gasteiger partial charge on any atom is -0.466 e. The van der Waals surface area contributed by atoms with Crippen molar-refractivity contribution in [2.45, 2.75) is 79.8 Å². The second-order valence-corrected chi connectivity index (χ2v) is 11.9. The number of carbonyl (C=O) groups is 3. The number of hydrogen-bond donors (Lipinski definition) is 1. The Bertz CT molecular complexity index is 763. The SMILES string of the molecule is C=CCN(CCCCC)C(=O)C1N([C@@H](CC)CO)C(=O)[C@@H]2[C@H](C(=O)OCC)[C@H]3SC12CC3Br. The standard InChI is InChI=1S/C24H37BrN2O5S/c1-5-9-10-12-26(11-6-2)22(30)20-24-13-16(25)19(33-24)17(23(31)32-8-4)18(24)21(29)27(20)15(7-3)14-28/h6,15-20,28H,2,5,7-14H2,1,3-4H3/t15-,16?,17-,18-,19-,20?,24?/m0/s1. The molecule has 186 valence electrons. The zero-order valence-electron chi connectivity index (χ0n) is 19.9. The molecule has 1 N–H and O–H groups in total. The number of thioether (sulfide) groups is 1. The maximum Gasteiger partial charge on any atom is 0.310 e. The van der Waals surface area contributed by atoms with Crippen LogP contribution in [-0.4, -0.2) is 85.9 Å². The predicted molar refractivity (Wildman–Crippen MR) is 133 cm³/mol. The highest BCUT2D eigenvalue weighted by molar-refractivity contribution is 9.09. The van der Waals surface area contributed by atoms with Gasteiger partial charge in [-0.15, -0.1) is 18.3 Å². The monoisotopic (exact) mass is 544 g/mol. The van der Waals surface area contributed by atoms with E-state index >= 15 is 0 Å². The average Bonchev–Trinajstić information content (AvgIpc) is 3.38. The molecule has 0 radical (unpaired) electrons. The van der Waals surface area contributed by atoms with Gasteiger partial charge in [0.1, 0.15) is 6.04 Å². The Kier molecular flexibility index (Phi) is 8.94. The maximum atomic E-state index is 14.1. The van der Waals surface area contributed by atoms with Gasteiger partial charge < -0.3 is 19.6 Å². The van der Waals surface area contributed by atoms with E-state index in [9.17, 15) is 19.5 Å². The molecule has 3 saturated heterocycles. The Labute approximate surface area is 209 Å². The van der Waals surface area contributed by atoms with Crippen molar-refractivity contribution < 1.29 is 24.2 Å².